The summed E-state index contributed by atoms with van der Waals surface area (Å²) in [7, 11) is 0. The third kappa shape index (κ3) is 6.03. The highest BCUT2D eigenvalue weighted by Gasteiger charge is 2.25. The molecule has 2 aliphatic rings. The molecule has 3 nitrogen and oxygen atoms in total. The molecule has 3 rings (SSSR count). The summed E-state index contributed by atoms with van der Waals surface area (Å²) in [5.41, 5.74) is 0. The lowest BCUT2D eigenvalue weighted by Gasteiger charge is -2.17. The van der Waals surface area contributed by atoms with Crippen LogP contribution < -0.4 is 0 Å². The molecule has 0 spiro atoms. The molecule has 0 heterocycles. The van der Waals surface area contributed by atoms with E-state index >= 15 is 0 Å². The molecule has 0 aliphatic heterocycles. The van der Waals surface area contributed by atoms with Gasteiger partial charge in [0, 0.05) is 0 Å². The molecule has 0 amide bonds. The highest BCUT2D eigenvalue weighted by atomic mass is 19.2. The Bertz CT molecular complexity index is 565. The summed E-state index contributed by atoms with van der Waals surface area (Å²) in [6.07, 6.45) is 13.2. The van der Waals surface area contributed by atoms with Crippen LogP contribution in [0.25, 0.3) is 0 Å². The molecule has 27 heavy (non-hydrogen) atoms. The van der Waals surface area contributed by atoms with Crippen molar-refractivity contribution in [2.45, 2.75) is 76.3 Å². The number of phenols is 1. The lowest BCUT2D eigenvalue weighted by molar-refractivity contribution is 0.325. The van der Waals surface area contributed by atoms with Crippen LogP contribution in [0.3, 0.4) is 0 Å². The summed E-state index contributed by atoms with van der Waals surface area (Å²) in [4.78, 5) is 8.92. The molecule has 150 valence electrons. The van der Waals surface area contributed by atoms with Gasteiger partial charge in [-0.1, -0.05) is 38.5 Å². The molecule has 0 aromatic heterocycles. The van der Waals surface area contributed by atoms with Gasteiger partial charge in [0.25, 0.3) is 0 Å². The van der Waals surface area contributed by atoms with Crippen molar-refractivity contribution in [3.63, 3.8) is 0 Å². The minimum absolute atomic E-state index is 0.533. The minimum Gasteiger partial charge on any atom is -0.503 e. The van der Waals surface area contributed by atoms with Gasteiger partial charge in [0.2, 0.25) is 29.1 Å². The second kappa shape index (κ2) is 10.4. The van der Waals surface area contributed by atoms with Crippen molar-refractivity contribution in [2.24, 2.45) is 9.98 Å². The smallest absolute Gasteiger partial charge is 0.206 e. The van der Waals surface area contributed by atoms with Crippen LogP contribution in [-0.2, 0) is 0 Å². The monoisotopic (exact) mass is 390 g/mol. The van der Waals surface area contributed by atoms with E-state index in [2.05, 4.69) is 16.0 Å². The summed E-state index contributed by atoms with van der Waals surface area (Å²) in [5, 5.41) is 8.30. The molecule has 0 radical (unpaired) electrons. The van der Waals surface area contributed by atoms with Gasteiger partial charge in [0.15, 0.2) is 5.75 Å². The van der Waals surface area contributed by atoms with E-state index < -0.39 is 34.8 Å². The van der Waals surface area contributed by atoms with Crippen molar-refractivity contribution in [1.82, 2.24) is 0 Å². The zero-order chi connectivity index (χ0) is 19.8. The Labute approximate surface area is 155 Å². The van der Waals surface area contributed by atoms with E-state index in [4.69, 9.17) is 5.11 Å². The van der Waals surface area contributed by atoms with Crippen LogP contribution >= 0.6 is 0 Å². The molecule has 2 aliphatic carbocycles. The van der Waals surface area contributed by atoms with Crippen LogP contribution in [0.5, 0.6) is 5.75 Å². The van der Waals surface area contributed by atoms with E-state index in [1.54, 1.807) is 0 Å². The Hall–Kier alpha value is -1.95. The molecule has 0 bridgehead atoms. The Kier molecular flexibility index (Phi) is 8.23. The van der Waals surface area contributed by atoms with Gasteiger partial charge >= 0.3 is 0 Å². The van der Waals surface area contributed by atoms with Gasteiger partial charge in [-0.15, -0.1) is 0 Å². The van der Waals surface area contributed by atoms with Gasteiger partial charge in [-0.25, -0.2) is 23.2 Å². The van der Waals surface area contributed by atoms with Crippen LogP contribution in [-0.4, -0.2) is 23.2 Å². The number of hydrogen-bond donors (Lipinski definition) is 1. The highest BCUT2D eigenvalue weighted by molar-refractivity contribution is 5.42. The van der Waals surface area contributed by atoms with Crippen molar-refractivity contribution >= 4 is 6.01 Å². The molecule has 1 N–H and O–H groups in total. The van der Waals surface area contributed by atoms with E-state index in [9.17, 15) is 22.0 Å². The molecule has 0 atom stereocenters. The number of rotatable bonds is 2. The molecule has 2 saturated carbocycles. The van der Waals surface area contributed by atoms with E-state index in [0.29, 0.717) is 12.1 Å². The summed E-state index contributed by atoms with van der Waals surface area (Å²) in [6, 6.07) is 4.04. The van der Waals surface area contributed by atoms with Gasteiger partial charge in [-0.2, -0.15) is 8.78 Å². The Morgan fingerprint density at radius 3 is 1.30 bits per heavy atom. The number of phenolic OH excluding ortho intramolecular Hbond substituents is 1. The molecule has 2 fully saturated rings. The maximum atomic E-state index is 12.2. The summed E-state index contributed by atoms with van der Waals surface area (Å²) in [5.74, 6) is -12.9. The summed E-state index contributed by atoms with van der Waals surface area (Å²) in [6.45, 7) is 0. The first-order valence-electron chi connectivity index (χ1n) is 9.27. The number of benzene rings is 1. The first-order valence-corrected chi connectivity index (χ1v) is 9.27. The minimum atomic E-state index is -2.29. The predicted molar refractivity (Wildman–Crippen MR) is 91.5 cm³/mol. The zero-order valence-corrected chi connectivity index (χ0v) is 15.0. The predicted octanol–water partition coefficient (Wildman–Crippen LogP) is 5.91. The van der Waals surface area contributed by atoms with E-state index in [-0.39, 0.29) is 0 Å². The molecule has 1 aromatic carbocycles. The van der Waals surface area contributed by atoms with Crippen molar-refractivity contribution in [3.8, 4) is 5.75 Å². The average molecular weight is 390 g/mol. The normalized spacial score (nSPS) is 18.3. The van der Waals surface area contributed by atoms with E-state index in [1.165, 1.54) is 64.2 Å². The highest BCUT2D eigenvalue weighted by Crippen LogP contribution is 2.27. The average Bonchev–Trinajstić information content (AvgIpc) is 2.71. The molecule has 0 saturated heterocycles. The van der Waals surface area contributed by atoms with Crippen molar-refractivity contribution in [1.29, 1.82) is 0 Å². The number of nitrogens with zero attached hydrogens (tertiary/aromatic N) is 2. The van der Waals surface area contributed by atoms with Crippen molar-refractivity contribution in [3.05, 3.63) is 29.1 Å². The number of aliphatic imine (C=N–C) groups is 2. The summed E-state index contributed by atoms with van der Waals surface area (Å²) >= 11 is 0. The van der Waals surface area contributed by atoms with Crippen LogP contribution in [0.2, 0.25) is 0 Å². The largest absolute Gasteiger partial charge is 0.503 e. The fourth-order valence-electron chi connectivity index (χ4n) is 3.21. The van der Waals surface area contributed by atoms with Crippen molar-refractivity contribution in [2.75, 3.05) is 0 Å². The first-order chi connectivity index (χ1) is 12.9. The Morgan fingerprint density at radius 1 is 0.593 bits per heavy atom. The first kappa shape index (κ1) is 21.4. The van der Waals surface area contributed by atoms with Crippen molar-refractivity contribution < 1.29 is 27.1 Å². The lowest BCUT2D eigenvalue weighted by Crippen LogP contribution is -2.10. The molecule has 0 unspecified atom stereocenters. The van der Waals surface area contributed by atoms with Crippen LogP contribution in [0.1, 0.15) is 64.2 Å². The lowest BCUT2D eigenvalue weighted by atomic mass is 9.96. The quantitative estimate of drug-likeness (QED) is 0.290. The molecular formula is C19H23F5N2O. The SMILES string of the molecule is C(=NC1CCCCC1)=NC1CCCCC1.Oc1c(F)c(F)c(F)c(F)c1F. The van der Waals surface area contributed by atoms with Gasteiger partial charge in [0.1, 0.15) is 0 Å². The molecule has 1 aromatic rings. The van der Waals surface area contributed by atoms with E-state index in [1.807, 2.05) is 0 Å². The fraction of sp³-hybridized carbons (Fsp3) is 0.632. The maximum Gasteiger partial charge on any atom is 0.206 e. The maximum absolute atomic E-state index is 12.2. The van der Waals surface area contributed by atoms with Crippen LogP contribution in [0, 0.1) is 29.1 Å². The van der Waals surface area contributed by atoms with Gasteiger partial charge < -0.3 is 5.11 Å². The second-order valence-corrected chi connectivity index (χ2v) is 6.86. The second-order valence-electron chi connectivity index (χ2n) is 6.86. The molecule has 8 heteroatoms. The molecular weight excluding hydrogens is 367 g/mol. The van der Waals surface area contributed by atoms with Gasteiger partial charge in [-0.3, -0.25) is 0 Å². The van der Waals surface area contributed by atoms with Crippen LogP contribution in [0.4, 0.5) is 22.0 Å². The Balaban J connectivity index is 0.000000199. The zero-order valence-electron chi connectivity index (χ0n) is 15.0. The Morgan fingerprint density at radius 2 is 0.926 bits per heavy atom. The standard InChI is InChI=1S/C13H22N2.C6HF5O/c1-3-7-12(8-4-1)14-11-15-13-9-5-2-6-10-13;7-1-2(8)4(10)6(12)5(11)3(1)9/h12-13H,1-10H2;12H. The third-order valence-electron chi connectivity index (χ3n) is 4.82. The number of hydrogen-bond acceptors (Lipinski definition) is 3. The van der Waals surface area contributed by atoms with E-state index in [0.717, 1.165) is 0 Å². The summed E-state index contributed by atoms with van der Waals surface area (Å²) < 4.78 is 60.6. The topological polar surface area (TPSA) is 45.0 Å². The fourth-order valence-corrected chi connectivity index (χ4v) is 3.21. The van der Waals surface area contributed by atoms with Gasteiger partial charge in [0.05, 0.1) is 18.1 Å². The van der Waals surface area contributed by atoms with Gasteiger partial charge in [-0.05, 0) is 25.7 Å². The number of aromatic hydroxyl groups is 1. The third-order valence-corrected chi connectivity index (χ3v) is 4.82. The number of halogens is 5. The van der Waals surface area contributed by atoms with Crippen LogP contribution in [0.15, 0.2) is 9.98 Å².